The maximum absolute atomic E-state index is 12.8. The minimum absolute atomic E-state index is 0.0775. The molecule has 5 heteroatoms. The topological polar surface area (TPSA) is 71.3 Å². The number of nitrogens with one attached hydrogen (secondary N) is 1. The molecule has 1 aliphatic carbocycles. The van der Waals surface area contributed by atoms with Crippen LogP contribution in [0.15, 0.2) is 18.2 Å². The molecule has 1 aromatic carbocycles. The van der Waals surface area contributed by atoms with E-state index in [-0.39, 0.29) is 5.91 Å². The third-order valence-corrected chi connectivity index (χ3v) is 4.37. The molecule has 0 heterocycles. The summed E-state index contributed by atoms with van der Waals surface area (Å²) in [6.45, 7) is 1.69. The number of carbonyl (C=O) groups excluding carboxylic acids is 1. The Morgan fingerprint density at radius 1 is 1.27 bits per heavy atom. The van der Waals surface area contributed by atoms with Crippen molar-refractivity contribution in [2.75, 3.05) is 14.2 Å². The van der Waals surface area contributed by atoms with Gasteiger partial charge in [-0.05, 0) is 37.5 Å². The van der Waals surface area contributed by atoms with Crippen molar-refractivity contribution >= 4 is 5.91 Å². The van der Waals surface area contributed by atoms with Crippen LogP contribution in [0.5, 0.6) is 11.5 Å². The zero-order chi connectivity index (χ0) is 16.2. The molecule has 0 spiro atoms. The molecule has 1 atom stereocenters. The molecule has 0 aromatic heterocycles. The monoisotopic (exact) mass is 302 g/mol. The summed E-state index contributed by atoms with van der Waals surface area (Å²) in [5.41, 5.74) is 0.343. The smallest absolute Gasteiger partial charge is 0.231 e. The van der Waals surface area contributed by atoms with E-state index in [2.05, 4.69) is 11.4 Å². The lowest BCUT2D eigenvalue weighted by Crippen LogP contribution is -2.45. The maximum Gasteiger partial charge on any atom is 0.231 e. The molecule has 22 heavy (non-hydrogen) atoms. The van der Waals surface area contributed by atoms with Gasteiger partial charge in [0.1, 0.15) is 6.04 Å². The Labute approximate surface area is 131 Å². The second kappa shape index (κ2) is 6.69. The lowest BCUT2D eigenvalue weighted by molar-refractivity contribution is -0.127. The number of carbonyl (C=O) groups is 1. The fourth-order valence-electron chi connectivity index (χ4n) is 3.13. The van der Waals surface area contributed by atoms with Crippen molar-refractivity contribution in [3.05, 3.63) is 23.8 Å². The number of methoxy groups -OCH3 is 2. The standard InChI is InChI=1S/C17H22N2O3/c1-12(11-18)19-16(20)17(8-4-5-9-17)13-6-7-14(21-2)15(10-13)22-3/h6-7,10,12H,4-5,8-9H2,1-3H3,(H,19,20)/t12-/m0/s1. The Morgan fingerprint density at radius 2 is 1.91 bits per heavy atom. The molecule has 1 aliphatic rings. The Hall–Kier alpha value is -2.22. The van der Waals surface area contributed by atoms with E-state index in [4.69, 9.17) is 14.7 Å². The minimum atomic E-state index is -0.579. The summed E-state index contributed by atoms with van der Waals surface area (Å²) in [5, 5.41) is 11.7. The fraction of sp³-hybridized carbons (Fsp3) is 0.529. The Balaban J connectivity index is 2.39. The predicted molar refractivity (Wildman–Crippen MR) is 82.9 cm³/mol. The molecular formula is C17H22N2O3. The van der Waals surface area contributed by atoms with Crippen LogP contribution >= 0.6 is 0 Å². The molecule has 1 fully saturated rings. The summed E-state index contributed by atoms with van der Waals surface area (Å²) in [6, 6.07) is 7.18. The molecule has 0 unspecified atom stereocenters. The van der Waals surface area contributed by atoms with Crippen LogP contribution in [0.25, 0.3) is 0 Å². The average Bonchev–Trinajstić information content (AvgIpc) is 3.04. The van der Waals surface area contributed by atoms with E-state index in [1.165, 1.54) is 0 Å². The van der Waals surface area contributed by atoms with Crippen LogP contribution in [-0.2, 0) is 10.2 Å². The molecule has 2 rings (SSSR count). The second-order valence-corrected chi connectivity index (χ2v) is 5.68. The van der Waals surface area contributed by atoms with Crippen LogP contribution in [-0.4, -0.2) is 26.2 Å². The van der Waals surface area contributed by atoms with Crippen LogP contribution in [0, 0.1) is 11.3 Å². The summed E-state index contributed by atoms with van der Waals surface area (Å²) in [7, 11) is 3.17. The zero-order valence-corrected chi connectivity index (χ0v) is 13.3. The van der Waals surface area contributed by atoms with E-state index >= 15 is 0 Å². The van der Waals surface area contributed by atoms with Gasteiger partial charge in [0.15, 0.2) is 11.5 Å². The van der Waals surface area contributed by atoms with E-state index in [0.717, 1.165) is 31.2 Å². The molecule has 1 amide bonds. The van der Waals surface area contributed by atoms with Gasteiger partial charge < -0.3 is 14.8 Å². The van der Waals surface area contributed by atoms with Gasteiger partial charge in [-0.25, -0.2) is 0 Å². The highest BCUT2D eigenvalue weighted by Gasteiger charge is 2.43. The minimum Gasteiger partial charge on any atom is -0.493 e. The first-order valence-corrected chi connectivity index (χ1v) is 7.50. The first-order valence-electron chi connectivity index (χ1n) is 7.50. The summed E-state index contributed by atoms with van der Waals surface area (Å²) in [5.74, 6) is 1.18. The van der Waals surface area contributed by atoms with Crippen LogP contribution in [0.3, 0.4) is 0 Å². The lowest BCUT2D eigenvalue weighted by atomic mass is 9.77. The number of nitrogens with zero attached hydrogens (tertiary/aromatic N) is 1. The van der Waals surface area contributed by atoms with E-state index in [1.54, 1.807) is 21.1 Å². The molecule has 1 aromatic rings. The third kappa shape index (κ3) is 2.87. The molecule has 0 saturated heterocycles. The van der Waals surface area contributed by atoms with E-state index in [9.17, 15) is 4.79 Å². The number of amides is 1. The number of benzene rings is 1. The van der Waals surface area contributed by atoms with Gasteiger partial charge in [-0.15, -0.1) is 0 Å². The molecule has 0 radical (unpaired) electrons. The maximum atomic E-state index is 12.8. The molecule has 5 nitrogen and oxygen atoms in total. The van der Waals surface area contributed by atoms with Gasteiger partial charge in [0.25, 0.3) is 0 Å². The van der Waals surface area contributed by atoms with Crippen molar-refractivity contribution in [2.24, 2.45) is 0 Å². The highest BCUT2D eigenvalue weighted by atomic mass is 16.5. The lowest BCUT2D eigenvalue weighted by Gasteiger charge is -2.29. The highest BCUT2D eigenvalue weighted by Crippen LogP contribution is 2.43. The van der Waals surface area contributed by atoms with Gasteiger partial charge in [0.2, 0.25) is 5.91 Å². The van der Waals surface area contributed by atoms with Crippen molar-refractivity contribution in [3.8, 4) is 17.6 Å². The SMILES string of the molecule is COc1ccc(C2(C(=O)N[C@@H](C)C#N)CCCC2)cc1OC. The van der Waals surface area contributed by atoms with Crippen molar-refractivity contribution < 1.29 is 14.3 Å². The highest BCUT2D eigenvalue weighted by molar-refractivity contribution is 5.89. The Kier molecular flexibility index (Phi) is 4.92. The van der Waals surface area contributed by atoms with Crippen molar-refractivity contribution in [1.29, 1.82) is 5.26 Å². The molecule has 1 N–H and O–H groups in total. The van der Waals surface area contributed by atoms with Crippen LogP contribution < -0.4 is 14.8 Å². The molecule has 0 aliphatic heterocycles. The van der Waals surface area contributed by atoms with Crippen molar-refractivity contribution in [3.63, 3.8) is 0 Å². The molecule has 118 valence electrons. The number of hydrogen-bond donors (Lipinski definition) is 1. The Bertz CT molecular complexity index is 586. The second-order valence-electron chi connectivity index (χ2n) is 5.68. The van der Waals surface area contributed by atoms with E-state index in [1.807, 2.05) is 18.2 Å². The van der Waals surface area contributed by atoms with Crippen LogP contribution in [0.4, 0.5) is 0 Å². The third-order valence-electron chi connectivity index (χ3n) is 4.37. The summed E-state index contributed by atoms with van der Waals surface area (Å²) < 4.78 is 10.6. The largest absolute Gasteiger partial charge is 0.493 e. The predicted octanol–water partition coefficient (Wildman–Crippen LogP) is 2.54. The molecular weight excluding hydrogens is 280 g/mol. The van der Waals surface area contributed by atoms with Crippen molar-refractivity contribution in [1.82, 2.24) is 5.32 Å². The van der Waals surface area contributed by atoms with Gasteiger partial charge >= 0.3 is 0 Å². The van der Waals surface area contributed by atoms with E-state index < -0.39 is 11.5 Å². The average molecular weight is 302 g/mol. The summed E-state index contributed by atoms with van der Waals surface area (Å²) in [4.78, 5) is 12.8. The van der Waals surface area contributed by atoms with E-state index in [0.29, 0.717) is 11.5 Å². The molecule has 1 saturated carbocycles. The van der Waals surface area contributed by atoms with Gasteiger partial charge in [-0.3, -0.25) is 4.79 Å². The normalized spacial score (nSPS) is 17.4. The summed E-state index contributed by atoms with van der Waals surface area (Å²) in [6.07, 6.45) is 3.57. The van der Waals surface area contributed by atoms with Gasteiger partial charge in [0, 0.05) is 0 Å². The summed E-state index contributed by atoms with van der Waals surface area (Å²) >= 11 is 0. The fourth-order valence-corrected chi connectivity index (χ4v) is 3.13. The first-order chi connectivity index (χ1) is 10.6. The Morgan fingerprint density at radius 3 is 2.45 bits per heavy atom. The number of hydrogen-bond acceptors (Lipinski definition) is 4. The zero-order valence-electron chi connectivity index (χ0n) is 13.3. The number of nitriles is 1. The van der Waals surface area contributed by atoms with Gasteiger partial charge in [-0.1, -0.05) is 18.9 Å². The van der Waals surface area contributed by atoms with Crippen LogP contribution in [0.1, 0.15) is 38.2 Å². The molecule has 0 bridgehead atoms. The van der Waals surface area contributed by atoms with Crippen LogP contribution in [0.2, 0.25) is 0 Å². The number of rotatable bonds is 5. The van der Waals surface area contributed by atoms with Crippen molar-refractivity contribution in [2.45, 2.75) is 44.1 Å². The number of ether oxygens (including phenoxy) is 2. The quantitative estimate of drug-likeness (QED) is 0.907. The first kappa shape index (κ1) is 16.2. The van der Waals surface area contributed by atoms with Gasteiger partial charge in [-0.2, -0.15) is 5.26 Å². The van der Waals surface area contributed by atoms with Gasteiger partial charge in [0.05, 0.1) is 25.7 Å².